The number of pyridine rings is 1. The molecule has 2 heterocycles. The highest BCUT2D eigenvalue weighted by Crippen LogP contribution is 2.44. The fraction of sp³-hybridized carbons (Fsp3) is 0.375. The Balaban J connectivity index is 1.33. The lowest BCUT2D eigenvalue weighted by molar-refractivity contribution is -0.00466. The van der Waals surface area contributed by atoms with Crippen LogP contribution in [0.1, 0.15) is 48.3 Å². The highest BCUT2D eigenvalue weighted by molar-refractivity contribution is 9.10. The van der Waals surface area contributed by atoms with E-state index in [9.17, 15) is 14.4 Å². The second-order valence-electron chi connectivity index (χ2n) is 11.4. The molecule has 1 aliphatic carbocycles. The fourth-order valence-electron chi connectivity index (χ4n) is 5.33. The molecule has 43 heavy (non-hydrogen) atoms. The lowest BCUT2D eigenvalue weighted by Gasteiger charge is -2.40. The lowest BCUT2D eigenvalue weighted by atomic mass is 9.98. The van der Waals surface area contributed by atoms with Crippen molar-refractivity contribution >= 4 is 34.1 Å². The summed E-state index contributed by atoms with van der Waals surface area (Å²) in [4.78, 5) is 45.9. The molecule has 1 atom stereocenters. The quantitative estimate of drug-likeness (QED) is 0.240. The van der Waals surface area contributed by atoms with E-state index in [1.807, 2.05) is 24.3 Å². The van der Waals surface area contributed by atoms with Crippen LogP contribution in [-0.2, 0) is 14.2 Å². The maximum Gasteiger partial charge on any atom is 0.410 e. The Hall–Kier alpha value is -4.12. The summed E-state index contributed by atoms with van der Waals surface area (Å²) in [6, 6.07) is 18.9. The van der Waals surface area contributed by atoms with E-state index in [4.69, 9.17) is 18.9 Å². The van der Waals surface area contributed by atoms with Crippen molar-refractivity contribution in [3.63, 3.8) is 0 Å². The largest absolute Gasteiger partial charge is 0.475 e. The SMILES string of the molecule is COC(=O)c1ccc(Br)c(OC[C@H]2CN(C(=O)OC(C)(C)C)CCN2C(=O)OCC2c3ccccc3-c3ccccc32)n1. The number of aromatic nitrogens is 1. The summed E-state index contributed by atoms with van der Waals surface area (Å²) in [5.41, 5.74) is 3.93. The van der Waals surface area contributed by atoms with Gasteiger partial charge in [0.1, 0.15) is 18.8 Å². The zero-order chi connectivity index (χ0) is 30.7. The highest BCUT2D eigenvalue weighted by Gasteiger charge is 2.37. The van der Waals surface area contributed by atoms with Crippen LogP contribution in [0.4, 0.5) is 9.59 Å². The average molecular weight is 653 g/mol. The van der Waals surface area contributed by atoms with Crippen LogP contribution in [0.5, 0.6) is 5.88 Å². The highest BCUT2D eigenvalue weighted by atomic mass is 79.9. The van der Waals surface area contributed by atoms with Crippen molar-refractivity contribution in [2.45, 2.75) is 38.3 Å². The first kappa shape index (κ1) is 30.3. The van der Waals surface area contributed by atoms with Gasteiger partial charge in [0.2, 0.25) is 5.88 Å². The number of amides is 2. The third kappa shape index (κ3) is 6.77. The van der Waals surface area contributed by atoms with Crippen LogP contribution < -0.4 is 4.74 Å². The van der Waals surface area contributed by atoms with Gasteiger partial charge in [-0.25, -0.2) is 19.4 Å². The molecule has 1 fully saturated rings. The number of carbonyl (C=O) groups excluding carboxylic acids is 3. The molecule has 0 N–H and O–H groups in total. The molecule has 2 amide bonds. The predicted molar refractivity (Wildman–Crippen MR) is 162 cm³/mol. The number of carbonyl (C=O) groups is 3. The molecule has 2 aliphatic rings. The molecule has 1 aromatic heterocycles. The van der Waals surface area contributed by atoms with Gasteiger partial charge in [0.25, 0.3) is 0 Å². The number of fused-ring (bicyclic) bond motifs is 3. The topological polar surface area (TPSA) is 108 Å². The number of piperazine rings is 1. The van der Waals surface area contributed by atoms with Gasteiger partial charge in [-0.15, -0.1) is 0 Å². The maximum atomic E-state index is 13.6. The summed E-state index contributed by atoms with van der Waals surface area (Å²) in [5.74, 6) is -0.536. The molecule has 0 spiro atoms. The van der Waals surface area contributed by atoms with Crippen LogP contribution in [0.2, 0.25) is 0 Å². The monoisotopic (exact) mass is 651 g/mol. The average Bonchev–Trinajstić information content (AvgIpc) is 3.31. The third-order valence-electron chi connectivity index (χ3n) is 7.33. The standard InChI is InChI=1S/C32H34BrN3O7/c1-32(2,3)43-30(38)35-15-16-36(20(17-35)18-41-28-26(33)13-14-27(34-28)29(37)40-4)31(39)42-19-25-23-11-7-5-9-21(23)22-10-6-8-12-24(22)25/h5-14,20,25H,15-19H2,1-4H3/t20-/m1/s1. The number of halogens is 1. The molecule has 1 aliphatic heterocycles. The van der Waals surface area contributed by atoms with Crippen molar-refractivity contribution in [2.75, 3.05) is 40.0 Å². The molecule has 226 valence electrons. The van der Waals surface area contributed by atoms with Crippen LogP contribution in [0, 0.1) is 0 Å². The summed E-state index contributed by atoms with van der Waals surface area (Å²) in [7, 11) is 1.27. The molecule has 0 unspecified atom stereocenters. The second kappa shape index (κ2) is 12.6. The van der Waals surface area contributed by atoms with Crippen molar-refractivity contribution in [3.05, 3.63) is 82.0 Å². The number of ether oxygens (including phenoxy) is 4. The van der Waals surface area contributed by atoms with Gasteiger partial charge in [-0.1, -0.05) is 48.5 Å². The number of benzene rings is 2. The molecule has 11 heteroatoms. The number of esters is 1. The first-order chi connectivity index (χ1) is 20.6. The maximum absolute atomic E-state index is 13.6. The van der Waals surface area contributed by atoms with Gasteiger partial charge in [-0.3, -0.25) is 4.90 Å². The lowest BCUT2D eigenvalue weighted by Crippen LogP contribution is -2.59. The van der Waals surface area contributed by atoms with E-state index in [1.165, 1.54) is 13.2 Å². The van der Waals surface area contributed by atoms with Crippen molar-refractivity contribution in [2.24, 2.45) is 0 Å². The van der Waals surface area contributed by atoms with Crippen molar-refractivity contribution in [3.8, 4) is 17.0 Å². The van der Waals surface area contributed by atoms with E-state index in [1.54, 1.807) is 36.6 Å². The van der Waals surface area contributed by atoms with Crippen LogP contribution in [-0.4, -0.2) is 84.5 Å². The zero-order valence-electron chi connectivity index (χ0n) is 24.5. The van der Waals surface area contributed by atoms with Crippen molar-refractivity contribution in [1.82, 2.24) is 14.8 Å². The Morgan fingerprint density at radius 3 is 2.19 bits per heavy atom. The van der Waals surface area contributed by atoms with E-state index in [2.05, 4.69) is 45.2 Å². The minimum Gasteiger partial charge on any atom is -0.475 e. The Morgan fingerprint density at radius 2 is 1.56 bits per heavy atom. The van der Waals surface area contributed by atoms with E-state index in [0.717, 1.165) is 22.3 Å². The van der Waals surface area contributed by atoms with Gasteiger partial charge in [0, 0.05) is 25.6 Å². The van der Waals surface area contributed by atoms with Crippen molar-refractivity contribution in [1.29, 1.82) is 0 Å². The number of hydrogen-bond acceptors (Lipinski definition) is 8. The van der Waals surface area contributed by atoms with Gasteiger partial charge in [-0.2, -0.15) is 0 Å². The van der Waals surface area contributed by atoms with Crippen LogP contribution in [0.3, 0.4) is 0 Å². The van der Waals surface area contributed by atoms with Gasteiger partial charge in [0.15, 0.2) is 5.69 Å². The summed E-state index contributed by atoms with van der Waals surface area (Å²) >= 11 is 3.40. The Kier molecular flexibility index (Phi) is 8.91. The first-order valence-corrected chi connectivity index (χ1v) is 14.8. The van der Waals surface area contributed by atoms with E-state index >= 15 is 0 Å². The van der Waals surface area contributed by atoms with Crippen LogP contribution in [0.25, 0.3) is 11.1 Å². The Bertz CT molecular complexity index is 1480. The molecule has 10 nitrogen and oxygen atoms in total. The fourth-order valence-corrected chi connectivity index (χ4v) is 5.66. The number of rotatable bonds is 6. The molecular weight excluding hydrogens is 618 g/mol. The van der Waals surface area contributed by atoms with Crippen LogP contribution >= 0.6 is 15.9 Å². The van der Waals surface area contributed by atoms with E-state index in [-0.39, 0.29) is 50.3 Å². The van der Waals surface area contributed by atoms with Gasteiger partial charge < -0.3 is 23.8 Å². The summed E-state index contributed by atoms with van der Waals surface area (Å²) in [6.07, 6.45) is -0.980. The number of methoxy groups -OCH3 is 1. The van der Waals surface area contributed by atoms with Gasteiger partial charge in [-0.05, 0) is 71.1 Å². The molecule has 3 aromatic rings. The van der Waals surface area contributed by atoms with E-state index < -0.39 is 29.8 Å². The molecule has 1 saturated heterocycles. The Morgan fingerprint density at radius 1 is 0.907 bits per heavy atom. The van der Waals surface area contributed by atoms with E-state index in [0.29, 0.717) is 4.47 Å². The number of nitrogens with zero attached hydrogens (tertiary/aromatic N) is 3. The molecule has 5 rings (SSSR count). The molecule has 0 radical (unpaired) electrons. The van der Waals surface area contributed by atoms with Crippen LogP contribution in [0.15, 0.2) is 65.1 Å². The number of hydrogen-bond donors (Lipinski definition) is 0. The summed E-state index contributed by atoms with van der Waals surface area (Å²) < 4.78 is 22.8. The van der Waals surface area contributed by atoms with Gasteiger partial charge >= 0.3 is 18.2 Å². The molecule has 0 bridgehead atoms. The normalized spacial score (nSPS) is 16.3. The minimum atomic E-state index is -0.671. The predicted octanol–water partition coefficient (Wildman–Crippen LogP) is 5.88. The molecule has 0 saturated carbocycles. The van der Waals surface area contributed by atoms with Gasteiger partial charge in [0.05, 0.1) is 17.6 Å². The second-order valence-corrected chi connectivity index (χ2v) is 12.2. The molecular formula is C32H34BrN3O7. The minimum absolute atomic E-state index is 0.0142. The molecule has 2 aromatic carbocycles. The first-order valence-electron chi connectivity index (χ1n) is 14.0. The smallest absolute Gasteiger partial charge is 0.410 e. The zero-order valence-corrected chi connectivity index (χ0v) is 26.1. The van der Waals surface area contributed by atoms with Crippen molar-refractivity contribution < 1.29 is 33.3 Å². The third-order valence-corrected chi connectivity index (χ3v) is 7.93. The summed E-state index contributed by atoms with van der Waals surface area (Å²) in [6.45, 7) is 6.21. The summed E-state index contributed by atoms with van der Waals surface area (Å²) in [5, 5.41) is 0. The Labute approximate surface area is 259 Å².